The number of nitrogens with zero attached hydrogens (tertiary/aromatic N) is 1. The number of nitrogens with two attached hydrogens (primary N) is 1. The lowest BCUT2D eigenvalue weighted by Gasteiger charge is -2.37. The zero-order valence-corrected chi connectivity index (χ0v) is 8.65. The second-order valence-electron chi connectivity index (χ2n) is 3.84. The summed E-state index contributed by atoms with van der Waals surface area (Å²) in [7, 11) is 0. The first kappa shape index (κ1) is 9.98. The fourth-order valence-electron chi connectivity index (χ4n) is 1.74. The average molecular weight is 218 g/mol. The van der Waals surface area contributed by atoms with Crippen LogP contribution in [0, 0.1) is 12.8 Å². The Balaban J connectivity index is 2.00. The minimum Gasteiger partial charge on any atom is -0.322 e. The molecule has 0 amide bonds. The monoisotopic (exact) mass is 218 g/mol. The van der Waals surface area contributed by atoms with Gasteiger partial charge in [0.15, 0.2) is 0 Å². The van der Waals surface area contributed by atoms with Crippen molar-refractivity contribution in [2.24, 2.45) is 11.7 Å². The van der Waals surface area contributed by atoms with Crippen LogP contribution in [-0.2, 0) is 0 Å². The first-order valence-electron chi connectivity index (χ1n) is 4.53. The van der Waals surface area contributed by atoms with Crippen molar-refractivity contribution < 1.29 is 8.78 Å². The Bertz CT molecular complexity index is 329. The first-order valence-corrected chi connectivity index (χ1v) is 5.41. The number of aromatic nitrogens is 1. The van der Waals surface area contributed by atoms with Crippen molar-refractivity contribution in [2.75, 3.05) is 0 Å². The van der Waals surface area contributed by atoms with Crippen molar-refractivity contribution in [3.63, 3.8) is 0 Å². The Labute approximate surface area is 85.1 Å². The van der Waals surface area contributed by atoms with Crippen molar-refractivity contribution >= 4 is 11.3 Å². The Morgan fingerprint density at radius 3 is 2.71 bits per heavy atom. The van der Waals surface area contributed by atoms with E-state index >= 15 is 0 Å². The molecule has 1 heterocycles. The van der Waals surface area contributed by atoms with Gasteiger partial charge in [-0.2, -0.15) is 0 Å². The summed E-state index contributed by atoms with van der Waals surface area (Å²) >= 11 is 1.51. The van der Waals surface area contributed by atoms with Crippen molar-refractivity contribution in [2.45, 2.75) is 31.7 Å². The standard InChI is InChI=1S/C9H12F2N2S/c1-5-13-7(4-14-5)8(12)6-2-9(10,11)3-6/h4,6,8H,2-3,12H2,1H3. The number of aryl methyl sites for hydroxylation is 1. The third-order valence-electron chi connectivity index (χ3n) is 2.61. The first-order chi connectivity index (χ1) is 6.48. The van der Waals surface area contributed by atoms with Crippen LogP contribution in [0.5, 0.6) is 0 Å². The molecular formula is C9H12F2N2S. The molecular weight excluding hydrogens is 206 g/mol. The summed E-state index contributed by atoms with van der Waals surface area (Å²) < 4.78 is 25.2. The van der Waals surface area contributed by atoms with Crippen molar-refractivity contribution in [1.82, 2.24) is 4.98 Å². The molecule has 0 saturated heterocycles. The van der Waals surface area contributed by atoms with Crippen molar-refractivity contribution in [1.29, 1.82) is 0 Å². The lowest BCUT2D eigenvalue weighted by molar-refractivity contribution is -0.117. The molecule has 1 atom stereocenters. The fraction of sp³-hybridized carbons (Fsp3) is 0.667. The van der Waals surface area contributed by atoms with Gasteiger partial charge < -0.3 is 5.73 Å². The van der Waals surface area contributed by atoms with E-state index in [-0.39, 0.29) is 24.8 Å². The molecule has 2 rings (SSSR count). The van der Waals surface area contributed by atoms with Gasteiger partial charge in [-0.05, 0) is 12.8 Å². The number of halogens is 2. The van der Waals surface area contributed by atoms with Gasteiger partial charge in [-0.1, -0.05) is 0 Å². The molecule has 1 aromatic rings. The topological polar surface area (TPSA) is 38.9 Å². The Morgan fingerprint density at radius 2 is 2.29 bits per heavy atom. The molecule has 0 aromatic carbocycles. The summed E-state index contributed by atoms with van der Waals surface area (Å²) in [5.41, 5.74) is 6.60. The lowest BCUT2D eigenvalue weighted by Crippen LogP contribution is -2.41. The summed E-state index contributed by atoms with van der Waals surface area (Å²) in [6.45, 7) is 1.89. The van der Waals surface area contributed by atoms with Gasteiger partial charge in [0.1, 0.15) is 0 Å². The molecule has 1 saturated carbocycles. The van der Waals surface area contributed by atoms with Crippen molar-refractivity contribution in [3.05, 3.63) is 16.1 Å². The molecule has 14 heavy (non-hydrogen) atoms. The smallest absolute Gasteiger partial charge is 0.248 e. The van der Waals surface area contributed by atoms with E-state index in [2.05, 4.69) is 4.98 Å². The van der Waals surface area contributed by atoms with E-state index in [0.717, 1.165) is 10.7 Å². The van der Waals surface area contributed by atoms with E-state index < -0.39 is 5.92 Å². The third-order valence-corrected chi connectivity index (χ3v) is 3.40. The van der Waals surface area contributed by atoms with Crippen LogP contribution in [0.15, 0.2) is 5.38 Å². The molecule has 0 bridgehead atoms. The van der Waals surface area contributed by atoms with E-state index in [1.165, 1.54) is 11.3 Å². The van der Waals surface area contributed by atoms with Crippen LogP contribution in [-0.4, -0.2) is 10.9 Å². The summed E-state index contributed by atoms with van der Waals surface area (Å²) in [5.74, 6) is -2.60. The van der Waals surface area contributed by atoms with Crippen molar-refractivity contribution in [3.8, 4) is 0 Å². The van der Waals surface area contributed by atoms with Crippen LogP contribution in [0.3, 0.4) is 0 Å². The van der Waals surface area contributed by atoms with E-state index in [1.54, 1.807) is 0 Å². The van der Waals surface area contributed by atoms with Gasteiger partial charge >= 0.3 is 0 Å². The highest BCUT2D eigenvalue weighted by atomic mass is 32.1. The highest BCUT2D eigenvalue weighted by molar-refractivity contribution is 7.09. The van der Waals surface area contributed by atoms with Crippen LogP contribution >= 0.6 is 11.3 Å². The third kappa shape index (κ3) is 1.79. The van der Waals surface area contributed by atoms with Crippen LogP contribution in [0.4, 0.5) is 8.78 Å². The predicted molar refractivity (Wildman–Crippen MR) is 51.5 cm³/mol. The summed E-state index contributed by atoms with van der Waals surface area (Å²) in [6.07, 6.45) is -0.185. The second kappa shape index (κ2) is 3.24. The Kier molecular flexibility index (Phi) is 2.31. The fourth-order valence-corrected chi connectivity index (χ4v) is 2.40. The molecule has 5 heteroatoms. The SMILES string of the molecule is Cc1nc(C(N)C2CC(F)(F)C2)cs1. The maximum absolute atomic E-state index is 12.6. The van der Waals surface area contributed by atoms with Gasteiger partial charge in [-0.3, -0.25) is 0 Å². The van der Waals surface area contributed by atoms with Gasteiger partial charge in [0, 0.05) is 18.2 Å². The van der Waals surface area contributed by atoms with Crippen LogP contribution in [0.1, 0.15) is 29.6 Å². The Hall–Kier alpha value is -0.550. The number of alkyl halides is 2. The van der Waals surface area contributed by atoms with E-state index in [4.69, 9.17) is 5.73 Å². The number of rotatable bonds is 2. The normalized spacial score (nSPS) is 23.1. The molecule has 1 fully saturated rings. The van der Waals surface area contributed by atoms with E-state index in [1.807, 2.05) is 12.3 Å². The minimum absolute atomic E-state index is 0.0925. The second-order valence-corrected chi connectivity index (χ2v) is 4.90. The minimum atomic E-state index is -2.49. The quantitative estimate of drug-likeness (QED) is 0.828. The van der Waals surface area contributed by atoms with E-state index in [9.17, 15) is 8.78 Å². The average Bonchev–Trinajstić information content (AvgIpc) is 2.46. The zero-order valence-electron chi connectivity index (χ0n) is 7.84. The van der Waals surface area contributed by atoms with E-state index in [0.29, 0.717) is 0 Å². The lowest BCUT2D eigenvalue weighted by atomic mass is 9.76. The molecule has 0 radical (unpaired) electrons. The molecule has 0 aliphatic heterocycles. The number of hydrogen-bond acceptors (Lipinski definition) is 3. The molecule has 1 aliphatic carbocycles. The van der Waals surface area contributed by atoms with Crippen LogP contribution in [0.25, 0.3) is 0 Å². The molecule has 1 aliphatic rings. The van der Waals surface area contributed by atoms with Gasteiger partial charge in [0.25, 0.3) is 0 Å². The van der Waals surface area contributed by atoms with Gasteiger partial charge in [-0.25, -0.2) is 13.8 Å². The molecule has 2 nitrogen and oxygen atoms in total. The van der Waals surface area contributed by atoms with Gasteiger partial charge in [0.05, 0.1) is 16.7 Å². The highest BCUT2D eigenvalue weighted by Crippen LogP contribution is 2.47. The predicted octanol–water partition coefficient (Wildman–Crippen LogP) is 2.50. The molecule has 1 unspecified atom stereocenters. The molecule has 78 valence electrons. The largest absolute Gasteiger partial charge is 0.322 e. The maximum Gasteiger partial charge on any atom is 0.248 e. The summed E-state index contributed by atoms with van der Waals surface area (Å²) in [4.78, 5) is 4.21. The summed E-state index contributed by atoms with van der Waals surface area (Å²) in [5, 5.41) is 2.79. The number of thiazole rings is 1. The van der Waals surface area contributed by atoms with Gasteiger partial charge in [-0.15, -0.1) is 11.3 Å². The molecule has 2 N–H and O–H groups in total. The Morgan fingerprint density at radius 1 is 1.64 bits per heavy atom. The van der Waals surface area contributed by atoms with Crippen LogP contribution < -0.4 is 5.73 Å². The maximum atomic E-state index is 12.6. The molecule has 0 spiro atoms. The zero-order chi connectivity index (χ0) is 10.3. The number of hydrogen-bond donors (Lipinski definition) is 1. The summed E-state index contributed by atoms with van der Waals surface area (Å²) in [6, 6.07) is -0.320. The van der Waals surface area contributed by atoms with Gasteiger partial charge in [0.2, 0.25) is 5.92 Å². The molecule has 1 aromatic heterocycles. The van der Waals surface area contributed by atoms with Crippen LogP contribution in [0.2, 0.25) is 0 Å². The highest BCUT2D eigenvalue weighted by Gasteiger charge is 2.48.